The number of aliphatic carboxylic acids is 1. The van der Waals surface area contributed by atoms with Crippen molar-refractivity contribution in [1.29, 1.82) is 0 Å². The highest BCUT2D eigenvalue weighted by Crippen LogP contribution is 2.30. The summed E-state index contributed by atoms with van der Waals surface area (Å²) in [7, 11) is 0. The largest absolute Gasteiger partial charge is 0.480 e. The normalized spacial score (nSPS) is 14.2. The molecule has 210 valence electrons. The average molecular weight is 593 g/mol. The molecule has 4 amide bonds. The molecule has 11 heteroatoms. The van der Waals surface area contributed by atoms with E-state index < -0.39 is 36.4 Å². The lowest BCUT2D eigenvalue weighted by molar-refractivity contribution is -0.139. The Kier molecular flexibility index (Phi) is 9.50. The highest BCUT2D eigenvalue weighted by molar-refractivity contribution is 6.40. The molecular formula is C30H26Cl2N4O5. The van der Waals surface area contributed by atoms with E-state index in [0.717, 1.165) is 29.5 Å². The number of nitrogens with one attached hydrogen (secondary N) is 4. The van der Waals surface area contributed by atoms with Crippen molar-refractivity contribution in [3.05, 3.63) is 104 Å². The minimum atomic E-state index is -1.47. The molecule has 0 aliphatic heterocycles. The SMILES string of the molecule is C#Cc1cccc(CNC(=O)c2cc(Cl)c(C(=O)NC(CNC(=O)NC3CCc4ccccc43)C(=O)O)c(Cl)c2)c1. The Bertz CT molecular complexity index is 1530. The van der Waals surface area contributed by atoms with Crippen molar-refractivity contribution in [2.75, 3.05) is 6.54 Å². The summed E-state index contributed by atoms with van der Waals surface area (Å²) in [6.07, 6.45) is 6.97. The lowest BCUT2D eigenvalue weighted by Crippen LogP contribution is -2.50. The molecule has 0 saturated heterocycles. The van der Waals surface area contributed by atoms with Gasteiger partial charge in [0.2, 0.25) is 0 Å². The second kappa shape index (κ2) is 13.2. The summed E-state index contributed by atoms with van der Waals surface area (Å²) in [5.74, 6) is -0.217. The number of halogens is 2. The number of aryl methyl sites for hydroxylation is 1. The molecule has 0 radical (unpaired) electrons. The lowest BCUT2D eigenvalue weighted by Gasteiger charge is -2.19. The van der Waals surface area contributed by atoms with Gasteiger partial charge in [-0.15, -0.1) is 6.42 Å². The molecule has 3 aromatic carbocycles. The molecular weight excluding hydrogens is 567 g/mol. The maximum Gasteiger partial charge on any atom is 0.328 e. The molecule has 0 spiro atoms. The molecule has 0 fully saturated rings. The van der Waals surface area contributed by atoms with Gasteiger partial charge in [0.15, 0.2) is 0 Å². The highest BCUT2D eigenvalue weighted by atomic mass is 35.5. The number of rotatable bonds is 9. The van der Waals surface area contributed by atoms with Gasteiger partial charge in [-0.25, -0.2) is 9.59 Å². The van der Waals surface area contributed by atoms with Gasteiger partial charge in [0, 0.05) is 17.7 Å². The monoisotopic (exact) mass is 592 g/mol. The number of amides is 4. The fourth-order valence-corrected chi connectivity index (χ4v) is 5.18. The van der Waals surface area contributed by atoms with Gasteiger partial charge in [0.05, 0.1) is 28.2 Å². The third-order valence-corrected chi connectivity index (χ3v) is 7.18. The van der Waals surface area contributed by atoms with Gasteiger partial charge in [-0.2, -0.15) is 0 Å². The van der Waals surface area contributed by atoms with E-state index in [1.54, 1.807) is 24.3 Å². The van der Waals surface area contributed by atoms with Gasteiger partial charge >= 0.3 is 12.0 Å². The Labute approximate surface area is 246 Å². The first kappa shape index (κ1) is 29.5. The van der Waals surface area contributed by atoms with Gasteiger partial charge in [-0.1, -0.05) is 65.5 Å². The molecule has 2 unspecified atom stereocenters. The second-order valence-electron chi connectivity index (χ2n) is 9.35. The topological polar surface area (TPSA) is 137 Å². The van der Waals surface area contributed by atoms with Crippen LogP contribution in [0.1, 0.15) is 55.4 Å². The number of hydrogen-bond donors (Lipinski definition) is 5. The number of carbonyl (C=O) groups excluding carboxylic acids is 3. The van der Waals surface area contributed by atoms with E-state index in [1.807, 2.05) is 24.3 Å². The van der Waals surface area contributed by atoms with Crippen molar-refractivity contribution in [2.45, 2.75) is 31.5 Å². The molecule has 4 rings (SSSR count). The second-order valence-corrected chi connectivity index (χ2v) is 10.2. The quantitative estimate of drug-likeness (QED) is 0.238. The molecule has 41 heavy (non-hydrogen) atoms. The Morgan fingerprint density at radius 1 is 0.976 bits per heavy atom. The highest BCUT2D eigenvalue weighted by Gasteiger charge is 2.27. The number of terminal acetylenes is 1. The van der Waals surface area contributed by atoms with Crippen LogP contribution in [-0.2, 0) is 17.8 Å². The van der Waals surface area contributed by atoms with Crippen molar-refractivity contribution in [3.8, 4) is 12.3 Å². The third-order valence-electron chi connectivity index (χ3n) is 6.59. The number of urea groups is 1. The van der Waals surface area contributed by atoms with Crippen LogP contribution in [0.2, 0.25) is 10.0 Å². The Morgan fingerprint density at radius 2 is 1.71 bits per heavy atom. The van der Waals surface area contributed by atoms with Gasteiger partial charge in [-0.05, 0) is 53.8 Å². The Balaban J connectivity index is 1.35. The van der Waals surface area contributed by atoms with Gasteiger partial charge in [0.25, 0.3) is 11.8 Å². The molecule has 1 aliphatic carbocycles. The summed E-state index contributed by atoms with van der Waals surface area (Å²) >= 11 is 12.6. The number of carboxylic acid groups (broad SMARTS) is 1. The van der Waals surface area contributed by atoms with Crippen LogP contribution in [0.3, 0.4) is 0 Å². The van der Waals surface area contributed by atoms with E-state index in [-0.39, 0.29) is 33.8 Å². The van der Waals surface area contributed by atoms with Crippen LogP contribution in [0.15, 0.2) is 60.7 Å². The summed E-state index contributed by atoms with van der Waals surface area (Å²) < 4.78 is 0. The van der Waals surface area contributed by atoms with E-state index in [0.29, 0.717) is 5.56 Å². The smallest absolute Gasteiger partial charge is 0.328 e. The van der Waals surface area contributed by atoms with Crippen LogP contribution in [0.4, 0.5) is 4.79 Å². The number of carbonyl (C=O) groups is 4. The van der Waals surface area contributed by atoms with Crippen LogP contribution in [0.25, 0.3) is 0 Å². The van der Waals surface area contributed by atoms with Crippen LogP contribution < -0.4 is 21.3 Å². The fourth-order valence-electron chi connectivity index (χ4n) is 4.52. The van der Waals surface area contributed by atoms with E-state index in [1.165, 1.54) is 12.1 Å². The lowest BCUT2D eigenvalue weighted by atomic mass is 10.1. The zero-order valence-corrected chi connectivity index (χ0v) is 23.2. The maximum absolute atomic E-state index is 12.9. The van der Waals surface area contributed by atoms with Crippen molar-refractivity contribution >= 4 is 47.0 Å². The summed E-state index contributed by atoms with van der Waals surface area (Å²) in [5, 5.41) is 19.7. The zero-order valence-electron chi connectivity index (χ0n) is 21.7. The third kappa shape index (κ3) is 7.37. The first-order chi connectivity index (χ1) is 19.7. The summed E-state index contributed by atoms with van der Waals surface area (Å²) in [6, 6.07) is 15.2. The summed E-state index contributed by atoms with van der Waals surface area (Å²) in [6.45, 7) is -0.197. The first-order valence-electron chi connectivity index (χ1n) is 12.6. The van der Waals surface area contributed by atoms with Crippen molar-refractivity contribution in [3.63, 3.8) is 0 Å². The molecule has 2 atom stereocenters. The van der Waals surface area contributed by atoms with Crippen molar-refractivity contribution in [2.24, 2.45) is 0 Å². The molecule has 0 aromatic heterocycles. The molecule has 0 bridgehead atoms. The van der Waals surface area contributed by atoms with Crippen LogP contribution in [-0.4, -0.2) is 41.5 Å². The molecule has 0 heterocycles. The van der Waals surface area contributed by atoms with Crippen LogP contribution in [0, 0.1) is 12.3 Å². The summed E-state index contributed by atoms with van der Waals surface area (Å²) in [5.41, 5.74) is 3.53. The van der Waals surface area contributed by atoms with Crippen LogP contribution >= 0.6 is 23.2 Å². The van der Waals surface area contributed by atoms with Crippen molar-refractivity contribution in [1.82, 2.24) is 21.3 Å². The van der Waals surface area contributed by atoms with E-state index in [4.69, 9.17) is 29.6 Å². The molecule has 5 N–H and O–H groups in total. The predicted octanol–water partition coefficient (Wildman–Crippen LogP) is 4.07. The maximum atomic E-state index is 12.9. The van der Waals surface area contributed by atoms with Crippen LogP contribution in [0.5, 0.6) is 0 Å². The van der Waals surface area contributed by atoms with Gasteiger partial charge in [-0.3, -0.25) is 9.59 Å². The molecule has 1 aliphatic rings. The Morgan fingerprint density at radius 3 is 2.41 bits per heavy atom. The first-order valence-corrected chi connectivity index (χ1v) is 13.4. The predicted molar refractivity (Wildman–Crippen MR) is 155 cm³/mol. The van der Waals surface area contributed by atoms with Gasteiger partial charge in [0.1, 0.15) is 6.04 Å². The van der Waals surface area contributed by atoms with Crippen molar-refractivity contribution < 1.29 is 24.3 Å². The fraction of sp³-hybridized carbons (Fsp3) is 0.200. The average Bonchev–Trinajstić information content (AvgIpc) is 3.36. The minimum absolute atomic E-state index is 0.103. The standard InChI is InChI=1S/C30H26Cl2N4O5/c1-2-17-6-5-7-18(12-17)15-33-27(37)20-13-22(31)26(23(32)14-20)28(38)35-25(29(39)40)16-34-30(41)36-24-11-10-19-8-3-4-9-21(19)24/h1,3-9,12-14,24-25H,10-11,15-16H2,(H,33,37)(H,35,38)(H,39,40)(H2,34,36,41). The minimum Gasteiger partial charge on any atom is -0.480 e. The molecule has 9 nitrogen and oxygen atoms in total. The van der Waals surface area contributed by atoms with E-state index in [9.17, 15) is 24.3 Å². The van der Waals surface area contributed by atoms with Gasteiger partial charge < -0.3 is 26.4 Å². The van der Waals surface area contributed by atoms with E-state index >= 15 is 0 Å². The van der Waals surface area contributed by atoms with E-state index in [2.05, 4.69) is 27.2 Å². The zero-order chi connectivity index (χ0) is 29.5. The number of hydrogen-bond acceptors (Lipinski definition) is 4. The number of benzene rings is 3. The Hall–Kier alpha value is -4.52. The number of fused-ring (bicyclic) bond motifs is 1. The molecule has 0 saturated carbocycles. The number of carboxylic acids is 1. The molecule has 3 aromatic rings. The summed E-state index contributed by atoms with van der Waals surface area (Å²) in [4.78, 5) is 49.9.